The van der Waals surface area contributed by atoms with E-state index < -0.39 is 0 Å². The van der Waals surface area contributed by atoms with Gasteiger partial charge in [0, 0.05) is 41.5 Å². The van der Waals surface area contributed by atoms with E-state index in [-0.39, 0.29) is 5.91 Å². The van der Waals surface area contributed by atoms with Crippen molar-refractivity contribution in [2.45, 2.75) is 12.8 Å². The number of amides is 1. The van der Waals surface area contributed by atoms with Crippen LogP contribution in [0.1, 0.15) is 18.6 Å². The summed E-state index contributed by atoms with van der Waals surface area (Å²) in [4.78, 5) is 19.2. The highest BCUT2D eigenvalue weighted by molar-refractivity contribution is 8.26. The van der Waals surface area contributed by atoms with E-state index in [2.05, 4.69) is 10.3 Å². The summed E-state index contributed by atoms with van der Waals surface area (Å²) in [6.07, 6.45) is 6.85. The largest absolute Gasteiger partial charge is 0.465 e. The first-order valence-electron chi connectivity index (χ1n) is 9.19. The SMILES string of the molecule is O=C1/C(=C/c2ccco2)SC(=S)N1CCCCNc1ccnc2cc(Cl)ccc12. The summed E-state index contributed by atoms with van der Waals surface area (Å²) in [7, 11) is 0. The molecule has 4 rings (SSSR count). The molecule has 0 bridgehead atoms. The number of pyridine rings is 1. The second-order valence-corrected chi connectivity index (χ2v) is 8.61. The van der Waals surface area contributed by atoms with Crippen LogP contribution in [0.2, 0.25) is 5.02 Å². The van der Waals surface area contributed by atoms with Crippen LogP contribution in [-0.4, -0.2) is 33.2 Å². The molecule has 1 aromatic carbocycles. The number of hydrogen-bond donors (Lipinski definition) is 1. The van der Waals surface area contributed by atoms with Crippen molar-refractivity contribution in [2.75, 3.05) is 18.4 Å². The molecule has 1 saturated heterocycles. The standard InChI is InChI=1S/C21H18ClN3O2S2/c22-14-5-6-16-17(7-9-24-18(16)12-14)23-8-1-2-10-25-20(26)19(29-21(25)28)13-15-4-3-11-27-15/h3-7,9,11-13H,1-2,8,10H2,(H,23,24)/b19-13-. The third-order valence-corrected chi connectivity index (χ3v) is 6.13. The lowest BCUT2D eigenvalue weighted by molar-refractivity contribution is -0.122. The maximum absolute atomic E-state index is 12.6. The zero-order chi connectivity index (χ0) is 20.2. The van der Waals surface area contributed by atoms with Gasteiger partial charge in [0.1, 0.15) is 10.1 Å². The molecule has 1 N–H and O–H groups in total. The van der Waals surface area contributed by atoms with Crippen molar-refractivity contribution in [3.63, 3.8) is 0 Å². The molecular formula is C21H18ClN3O2S2. The number of aromatic nitrogens is 1. The first-order valence-corrected chi connectivity index (χ1v) is 10.8. The minimum Gasteiger partial charge on any atom is -0.465 e. The lowest BCUT2D eigenvalue weighted by Gasteiger charge is -2.14. The van der Waals surface area contributed by atoms with Crippen LogP contribution >= 0.6 is 35.6 Å². The number of fused-ring (bicyclic) bond motifs is 1. The van der Waals surface area contributed by atoms with Crippen molar-refractivity contribution in [1.82, 2.24) is 9.88 Å². The Morgan fingerprint density at radius 3 is 3.00 bits per heavy atom. The maximum atomic E-state index is 12.6. The van der Waals surface area contributed by atoms with E-state index in [4.69, 9.17) is 28.2 Å². The van der Waals surface area contributed by atoms with Gasteiger partial charge in [0.15, 0.2) is 0 Å². The minimum atomic E-state index is -0.0543. The van der Waals surface area contributed by atoms with Crippen LogP contribution in [0.5, 0.6) is 0 Å². The predicted molar refractivity (Wildman–Crippen MR) is 123 cm³/mol. The molecule has 3 aromatic rings. The average Bonchev–Trinajstić information content (AvgIpc) is 3.31. The van der Waals surface area contributed by atoms with Gasteiger partial charge in [0.25, 0.3) is 5.91 Å². The molecule has 1 aliphatic heterocycles. The molecule has 29 heavy (non-hydrogen) atoms. The van der Waals surface area contributed by atoms with E-state index in [0.717, 1.165) is 36.0 Å². The summed E-state index contributed by atoms with van der Waals surface area (Å²) in [6.45, 7) is 1.40. The lowest BCUT2D eigenvalue weighted by Crippen LogP contribution is -2.29. The van der Waals surface area contributed by atoms with E-state index in [9.17, 15) is 4.79 Å². The second-order valence-electron chi connectivity index (χ2n) is 6.50. The molecule has 8 heteroatoms. The van der Waals surface area contributed by atoms with Crippen LogP contribution in [0, 0.1) is 0 Å². The maximum Gasteiger partial charge on any atom is 0.266 e. The molecule has 1 aliphatic rings. The summed E-state index contributed by atoms with van der Waals surface area (Å²) in [5.41, 5.74) is 1.89. The number of carbonyl (C=O) groups excluding carboxylic acids is 1. The Bertz CT molecular complexity index is 1080. The van der Waals surface area contributed by atoms with Crippen molar-refractivity contribution < 1.29 is 9.21 Å². The molecule has 3 heterocycles. The monoisotopic (exact) mass is 443 g/mol. The molecule has 5 nitrogen and oxygen atoms in total. The molecular weight excluding hydrogens is 426 g/mol. The van der Waals surface area contributed by atoms with Gasteiger partial charge in [-0.15, -0.1) is 0 Å². The first-order chi connectivity index (χ1) is 14.1. The highest BCUT2D eigenvalue weighted by Crippen LogP contribution is 2.32. The average molecular weight is 444 g/mol. The van der Waals surface area contributed by atoms with Crippen LogP contribution in [-0.2, 0) is 4.79 Å². The van der Waals surface area contributed by atoms with Crippen molar-refractivity contribution >= 4 is 68.5 Å². The third kappa shape index (κ3) is 4.63. The van der Waals surface area contributed by atoms with Crippen molar-refractivity contribution in [3.8, 4) is 0 Å². The van der Waals surface area contributed by atoms with Crippen LogP contribution < -0.4 is 5.32 Å². The van der Waals surface area contributed by atoms with Gasteiger partial charge in [0.05, 0.1) is 16.7 Å². The van der Waals surface area contributed by atoms with Gasteiger partial charge in [-0.25, -0.2) is 0 Å². The Hall–Kier alpha value is -2.35. The van der Waals surface area contributed by atoms with Gasteiger partial charge in [-0.3, -0.25) is 14.7 Å². The zero-order valence-electron chi connectivity index (χ0n) is 15.4. The molecule has 0 atom stereocenters. The van der Waals surface area contributed by atoms with E-state index >= 15 is 0 Å². The lowest BCUT2D eigenvalue weighted by atomic mass is 10.2. The highest BCUT2D eigenvalue weighted by Gasteiger charge is 2.31. The van der Waals surface area contributed by atoms with Gasteiger partial charge >= 0.3 is 0 Å². The van der Waals surface area contributed by atoms with Crippen LogP contribution in [0.3, 0.4) is 0 Å². The Labute approximate surface area is 183 Å². The molecule has 1 fully saturated rings. The zero-order valence-corrected chi connectivity index (χ0v) is 17.8. The van der Waals surface area contributed by atoms with E-state index in [1.165, 1.54) is 11.8 Å². The molecule has 0 radical (unpaired) electrons. The Morgan fingerprint density at radius 2 is 2.17 bits per heavy atom. The molecule has 0 aliphatic carbocycles. The summed E-state index contributed by atoms with van der Waals surface area (Å²) < 4.78 is 5.88. The molecule has 0 saturated carbocycles. The van der Waals surface area contributed by atoms with Crippen molar-refractivity contribution in [2.24, 2.45) is 0 Å². The molecule has 148 valence electrons. The fraction of sp³-hybridized carbons (Fsp3) is 0.190. The number of nitrogens with one attached hydrogen (secondary N) is 1. The van der Waals surface area contributed by atoms with E-state index in [1.54, 1.807) is 29.5 Å². The van der Waals surface area contributed by atoms with Gasteiger partial charge in [-0.05, 0) is 49.2 Å². The van der Waals surface area contributed by atoms with Crippen molar-refractivity contribution in [1.29, 1.82) is 0 Å². The normalized spacial score (nSPS) is 15.6. The molecule has 1 amide bonds. The van der Waals surface area contributed by atoms with Gasteiger partial charge in [0.2, 0.25) is 0 Å². The molecule has 2 aromatic heterocycles. The van der Waals surface area contributed by atoms with Crippen LogP contribution in [0.25, 0.3) is 17.0 Å². The van der Waals surface area contributed by atoms with Crippen LogP contribution in [0.15, 0.2) is 58.2 Å². The van der Waals surface area contributed by atoms with E-state index in [1.807, 2.05) is 30.3 Å². The van der Waals surface area contributed by atoms with Gasteiger partial charge in [-0.1, -0.05) is 35.6 Å². The smallest absolute Gasteiger partial charge is 0.266 e. The van der Waals surface area contributed by atoms with Crippen LogP contribution in [0.4, 0.5) is 5.69 Å². The topological polar surface area (TPSA) is 58.4 Å². The third-order valence-electron chi connectivity index (χ3n) is 4.52. The number of anilines is 1. The molecule has 0 unspecified atom stereocenters. The number of thiocarbonyl (C=S) groups is 1. The van der Waals surface area contributed by atoms with E-state index in [0.29, 0.717) is 26.6 Å². The fourth-order valence-corrected chi connectivity index (χ4v) is 4.54. The number of rotatable bonds is 7. The second kappa shape index (κ2) is 8.98. The number of unbranched alkanes of at least 4 members (excludes halogenated alkanes) is 1. The van der Waals surface area contributed by atoms with Gasteiger partial charge in [-0.2, -0.15) is 0 Å². The number of carbonyl (C=O) groups is 1. The number of furan rings is 1. The van der Waals surface area contributed by atoms with Crippen molar-refractivity contribution in [3.05, 3.63) is 64.5 Å². The number of nitrogens with zero attached hydrogens (tertiary/aromatic N) is 2. The minimum absolute atomic E-state index is 0.0543. The van der Waals surface area contributed by atoms with Gasteiger partial charge < -0.3 is 9.73 Å². The number of benzene rings is 1. The Kier molecular flexibility index (Phi) is 6.18. The quantitative estimate of drug-likeness (QED) is 0.292. The predicted octanol–water partition coefficient (Wildman–Crippen LogP) is 5.57. The Balaban J connectivity index is 1.29. The fourth-order valence-electron chi connectivity index (χ4n) is 3.09. The number of halogens is 1. The first kappa shape index (κ1) is 19.9. The molecule has 0 spiro atoms. The number of hydrogen-bond acceptors (Lipinski definition) is 6. The highest BCUT2D eigenvalue weighted by atomic mass is 35.5. The Morgan fingerprint density at radius 1 is 1.28 bits per heavy atom. The summed E-state index contributed by atoms with van der Waals surface area (Å²) in [6, 6.07) is 11.3. The summed E-state index contributed by atoms with van der Waals surface area (Å²) in [5, 5.41) is 5.16. The summed E-state index contributed by atoms with van der Waals surface area (Å²) in [5.74, 6) is 0.599. The summed E-state index contributed by atoms with van der Waals surface area (Å²) >= 11 is 12.7. The number of thioether (sulfide) groups is 1.